The van der Waals surface area contributed by atoms with Crippen molar-refractivity contribution in [1.82, 2.24) is 19.9 Å². The Hall–Kier alpha value is -2.49. The SMILES string of the molecule is CC(C)(C)OC(=O)N1CCCC(F)(C(=O)Nc2cn(-c3cccc(Br)c3)nn2)C1. The maximum Gasteiger partial charge on any atom is 0.410 e. The molecule has 3 rings (SSSR count). The first-order chi connectivity index (χ1) is 13.6. The lowest BCUT2D eigenvalue weighted by molar-refractivity contribution is -0.130. The molecule has 1 aromatic carbocycles. The lowest BCUT2D eigenvalue weighted by Crippen LogP contribution is -2.54. The number of aromatic nitrogens is 3. The van der Waals surface area contributed by atoms with Gasteiger partial charge in [0.25, 0.3) is 5.91 Å². The van der Waals surface area contributed by atoms with Crippen molar-refractivity contribution in [1.29, 1.82) is 0 Å². The number of ether oxygens (including phenoxy) is 1. The van der Waals surface area contributed by atoms with Crippen molar-refractivity contribution in [2.75, 3.05) is 18.4 Å². The molecule has 0 aliphatic carbocycles. The summed E-state index contributed by atoms with van der Waals surface area (Å²) in [6.45, 7) is 5.18. The van der Waals surface area contributed by atoms with Gasteiger partial charge in [-0.05, 0) is 51.8 Å². The highest BCUT2D eigenvalue weighted by Gasteiger charge is 2.45. The van der Waals surface area contributed by atoms with Gasteiger partial charge in [0, 0.05) is 11.0 Å². The van der Waals surface area contributed by atoms with E-state index in [1.165, 1.54) is 15.8 Å². The number of benzene rings is 1. The molecule has 1 aliphatic heterocycles. The van der Waals surface area contributed by atoms with Crippen LogP contribution in [0, 0.1) is 0 Å². The van der Waals surface area contributed by atoms with Gasteiger partial charge in [0.2, 0.25) is 5.67 Å². The number of nitrogens with zero attached hydrogens (tertiary/aromatic N) is 4. The van der Waals surface area contributed by atoms with Crippen LogP contribution in [0.25, 0.3) is 5.69 Å². The predicted octanol–water partition coefficient (Wildman–Crippen LogP) is 3.71. The smallest absolute Gasteiger partial charge is 0.410 e. The number of piperidine rings is 1. The van der Waals surface area contributed by atoms with Crippen LogP contribution in [0.5, 0.6) is 0 Å². The Bertz CT molecular complexity index is 913. The lowest BCUT2D eigenvalue weighted by Gasteiger charge is -2.36. The van der Waals surface area contributed by atoms with E-state index >= 15 is 4.39 Å². The number of anilines is 1. The minimum absolute atomic E-state index is 0.0118. The Balaban J connectivity index is 1.67. The molecule has 2 amide bonds. The van der Waals surface area contributed by atoms with Crippen LogP contribution in [-0.4, -0.2) is 56.3 Å². The number of carbonyl (C=O) groups excluding carboxylic acids is 2. The summed E-state index contributed by atoms with van der Waals surface area (Å²) in [6, 6.07) is 7.36. The number of amides is 2. The predicted molar refractivity (Wildman–Crippen MR) is 109 cm³/mol. The highest BCUT2D eigenvalue weighted by Crippen LogP contribution is 2.28. The lowest BCUT2D eigenvalue weighted by atomic mass is 9.94. The molecule has 1 fully saturated rings. The van der Waals surface area contributed by atoms with Gasteiger partial charge in [0.15, 0.2) is 5.82 Å². The number of hydrogen-bond donors (Lipinski definition) is 1. The molecule has 8 nitrogen and oxygen atoms in total. The minimum atomic E-state index is -2.23. The third kappa shape index (κ3) is 5.31. The second kappa shape index (κ2) is 8.10. The van der Waals surface area contributed by atoms with E-state index in [0.29, 0.717) is 13.0 Å². The van der Waals surface area contributed by atoms with Crippen LogP contribution in [0.3, 0.4) is 0 Å². The number of carbonyl (C=O) groups is 2. The molecule has 156 valence electrons. The first-order valence-electron chi connectivity index (χ1n) is 9.22. The maximum absolute atomic E-state index is 15.4. The van der Waals surface area contributed by atoms with Gasteiger partial charge < -0.3 is 15.0 Å². The number of halogens is 2. The third-order valence-electron chi connectivity index (χ3n) is 4.31. The summed E-state index contributed by atoms with van der Waals surface area (Å²) in [5, 5.41) is 10.3. The average molecular weight is 468 g/mol. The van der Waals surface area contributed by atoms with Crippen LogP contribution in [0.1, 0.15) is 33.6 Å². The highest BCUT2D eigenvalue weighted by molar-refractivity contribution is 9.10. The monoisotopic (exact) mass is 467 g/mol. The topological polar surface area (TPSA) is 89.4 Å². The number of nitrogens with one attached hydrogen (secondary N) is 1. The standard InChI is InChI=1S/C19H23BrFN5O3/c1-18(2,3)29-17(28)25-9-5-8-19(21,12-25)16(27)22-15-11-26(24-23-15)14-7-4-6-13(20)10-14/h4,6-7,10-11H,5,8-9,12H2,1-3H3,(H,22,27). The first-order valence-corrected chi connectivity index (χ1v) is 10.0. The van der Waals surface area contributed by atoms with Crippen LogP contribution < -0.4 is 5.32 Å². The van der Waals surface area contributed by atoms with Crippen LogP contribution in [0.4, 0.5) is 15.0 Å². The molecular formula is C19H23BrFN5O3. The van der Waals surface area contributed by atoms with Crippen LogP contribution in [0.15, 0.2) is 34.9 Å². The Morgan fingerprint density at radius 1 is 1.34 bits per heavy atom. The molecule has 2 aromatic rings. The summed E-state index contributed by atoms with van der Waals surface area (Å²) in [5.74, 6) is -0.728. The fourth-order valence-corrected chi connectivity index (χ4v) is 3.36. The quantitative estimate of drug-likeness (QED) is 0.742. The highest BCUT2D eigenvalue weighted by atomic mass is 79.9. The van der Waals surface area contributed by atoms with Crippen molar-refractivity contribution in [3.63, 3.8) is 0 Å². The summed E-state index contributed by atoms with van der Waals surface area (Å²) < 4.78 is 23.0. The molecule has 2 heterocycles. The second-order valence-corrected chi connectivity index (χ2v) is 8.87. The van der Waals surface area contributed by atoms with E-state index < -0.39 is 23.3 Å². The molecule has 1 aliphatic rings. The van der Waals surface area contributed by atoms with Crippen molar-refractivity contribution >= 4 is 33.7 Å². The molecule has 1 N–H and O–H groups in total. The summed E-state index contributed by atoms with van der Waals surface area (Å²) in [7, 11) is 0. The Kier molecular flexibility index (Phi) is 5.92. The normalized spacial score (nSPS) is 19.7. The number of hydrogen-bond acceptors (Lipinski definition) is 5. The van der Waals surface area contributed by atoms with Gasteiger partial charge in [-0.15, -0.1) is 5.10 Å². The molecular weight excluding hydrogens is 445 g/mol. The maximum atomic E-state index is 15.4. The fraction of sp³-hybridized carbons (Fsp3) is 0.474. The zero-order valence-electron chi connectivity index (χ0n) is 16.5. The number of rotatable bonds is 3. The van der Waals surface area contributed by atoms with Gasteiger partial charge in [-0.25, -0.2) is 13.9 Å². The Morgan fingerprint density at radius 3 is 2.79 bits per heavy atom. The molecule has 1 unspecified atom stereocenters. The van der Waals surface area contributed by atoms with Crippen molar-refractivity contribution in [3.8, 4) is 5.69 Å². The van der Waals surface area contributed by atoms with Gasteiger partial charge in [-0.2, -0.15) is 0 Å². The molecule has 0 radical (unpaired) electrons. The van der Waals surface area contributed by atoms with E-state index in [9.17, 15) is 9.59 Å². The van der Waals surface area contributed by atoms with Gasteiger partial charge in [-0.3, -0.25) is 4.79 Å². The summed E-state index contributed by atoms with van der Waals surface area (Å²) in [6.07, 6.45) is 1.23. The average Bonchev–Trinajstić information content (AvgIpc) is 3.09. The first kappa shape index (κ1) is 21.2. The molecule has 29 heavy (non-hydrogen) atoms. The van der Waals surface area contributed by atoms with E-state index in [-0.39, 0.29) is 18.8 Å². The zero-order chi connectivity index (χ0) is 21.2. The third-order valence-corrected chi connectivity index (χ3v) is 4.80. The summed E-state index contributed by atoms with van der Waals surface area (Å²) in [5.41, 5.74) is -2.19. The van der Waals surface area contributed by atoms with E-state index in [1.807, 2.05) is 24.3 Å². The van der Waals surface area contributed by atoms with Gasteiger partial charge in [0.05, 0.1) is 18.4 Å². The van der Waals surface area contributed by atoms with E-state index in [1.54, 1.807) is 20.8 Å². The van der Waals surface area contributed by atoms with Crippen LogP contribution in [-0.2, 0) is 9.53 Å². The minimum Gasteiger partial charge on any atom is -0.444 e. The van der Waals surface area contributed by atoms with E-state index in [4.69, 9.17) is 4.74 Å². The van der Waals surface area contributed by atoms with Crippen molar-refractivity contribution in [2.24, 2.45) is 0 Å². The molecule has 10 heteroatoms. The van der Waals surface area contributed by atoms with Crippen molar-refractivity contribution in [2.45, 2.75) is 44.9 Å². The Morgan fingerprint density at radius 2 is 2.10 bits per heavy atom. The number of likely N-dealkylation sites (tertiary alicyclic amines) is 1. The van der Waals surface area contributed by atoms with E-state index in [2.05, 4.69) is 31.6 Å². The van der Waals surface area contributed by atoms with Crippen LogP contribution >= 0.6 is 15.9 Å². The number of alkyl halides is 1. The Labute approximate surface area is 176 Å². The van der Waals surface area contributed by atoms with Crippen molar-refractivity contribution in [3.05, 3.63) is 34.9 Å². The molecule has 0 bridgehead atoms. The molecule has 1 atom stereocenters. The largest absolute Gasteiger partial charge is 0.444 e. The molecule has 1 saturated heterocycles. The fourth-order valence-electron chi connectivity index (χ4n) is 2.97. The van der Waals surface area contributed by atoms with Gasteiger partial charge in [-0.1, -0.05) is 27.2 Å². The zero-order valence-corrected chi connectivity index (χ0v) is 18.1. The molecule has 0 saturated carbocycles. The van der Waals surface area contributed by atoms with Crippen molar-refractivity contribution < 1.29 is 18.7 Å². The van der Waals surface area contributed by atoms with Gasteiger partial charge >= 0.3 is 6.09 Å². The molecule has 1 aromatic heterocycles. The van der Waals surface area contributed by atoms with Crippen LogP contribution in [0.2, 0.25) is 0 Å². The van der Waals surface area contributed by atoms with Gasteiger partial charge in [0.1, 0.15) is 5.60 Å². The summed E-state index contributed by atoms with van der Waals surface area (Å²) in [4.78, 5) is 26.1. The summed E-state index contributed by atoms with van der Waals surface area (Å²) >= 11 is 3.38. The molecule has 0 spiro atoms. The second-order valence-electron chi connectivity index (χ2n) is 7.95. The van der Waals surface area contributed by atoms with E-state index in [0.717, 1.165) is 10.2 Å².